The molecule has 0 saturated carbocycles. The summed E-state index contributed by atoms with van der Waals surface area (Å²) >= 11 is 0. The number of nitrogens with zero attached hydrogens (tertiary/aromatic N) is 1. The number of halogens is 1. The van der Waals surface area contributed by atoms with Crippen molar-refractivity contribution in [3.63, 3.8) is 0 Å². The number of aliphatic carboxylic acids is 1. The smallest absolute Gasteiger partial charge is 0.410 e. The lowest BCUT2D eigenvalue weighted by molar-refractivity contribution is -0.138. The molecule has 0 spiro atoms. The van der Waals surface area contributed by atoms with Crippen LogP contribution >= 0.6 is 0 Å². The number of hydrogen-bond donors (Lipinski definition) is 1. The van der Waals surface area contributed by atoms with Crippen LogP contribution in [0.25, 0.3) is 11.1 Å². The molecule has 0 aromatic heterocycles. The van der Waals surface area contributed by atoms with Crippen molar-refractivity contribution in [3.8, 4) is 11.1 Å². The fourth-order valence-electron chi connectivity index (χ4n) is 3.87. The second kappa shape index (κ2) is 8.37. The molecule has 0 radical (unpaired) electrons. The first-order valence-corrected chi connectivity index (χ1v) is 9.59. The average Bonchev–Trinajstić information content (AvgIpc) is 3.06. The van der Waals surface area contributed by atoms with Gasteiger partial charge < -0.3 is 9.84 Å². The van der Waals surface area contributed by atoms with Crippen LogP contribution in [0.1, 0.15) is 22.6 Å². The minimum Gasteiger partial charge on any atom is -0.480 e. The van der Waals surface area contributed by atoms with Crippen molar-refractivity contribution in [1.82, 2.24) is 4.90 Å². The van der Waals surface area contributed by atoms with Crippen molar-refractivity contribution in [1.29, 1.82) is 0 Å². The number of carbonyl (C=O) groups is 2. The zero-order valence-corrected chi connectivity index (χ0v) is 16.1. The van der Waals surface area contributed by atoms with Crippen molar-refractivity contribution < 1.29 is 23.8 Å². The summed E-state index contributed by atoms with van der Waals surface area (Å²) in [5.74, 6) is -1.83. The van der Waals surface area contributed by atoms with Gasteiger partial charge in [0, 0.05) is 11.5 Å². The molecule has 152 valence electrons. The lowest BCUT2D eigenvalue weighted by Crippen LogP contribution is -2.36. The highest BCUT2D eigenvalue weighted by atomic mass is 19.1. The van der Waals surface area contributed by atoms with Gasteiger partial charge in [-0.3, -0.25) is 9.69 Å². The van der Waals surface area contributed by atoms with Crippen LogP contribution in [0.5, 0.6) is 0 Å². The number of carboxylic acids is 1. The lowest BCUT2D eigenvalue weighted by Gasteiger charge is -2.22. The van der Waals surface area contributed by atoms with E-state index >= 15 is 0 Å². The zero-order chi connectivity index (χ0) is 21.1. The minimum atomic E-state index is -1.19. The second-order valence-corrected chi connectivity index (χ2v) is 7.15. The van der Waals surface area contributed by atoms with Crippen molar-refractivity contribution in [2.24, 2.45) is 0 Å². The van der Waals surface area contributed by atoms with Crippen molar-refractivity contribution in [3.05, 3.63) is 95.3 Å². The van der Waals surface area contributed by atoms with E-state index in [1.807, 2.05) is 48.5 Å². The number of benzene rings is 3. The van der Waals surface area contributed by atoms with Gasteiger partial charge in [0.05, 0.1) is 6.54 Å². The maximum absolute atomic E-state index is 14.0. The third-order valence-corrected chi connectivity index (χ3v) is 5.24. The normalized spacial score (nSPS) is 12.2. The Labute approximate surface area is 173 Å². The largest absolute Gasteiger partial charge is 0.480 e. The molecule has 4 rings (SSSR count). The number of carbonyl (C=O) groups excluding carboxylic acids is 1. The first-order chi connectivity index (χ1) is 14.5. The molecule has 3 aromatic rings. The van der Waals surface area contributed by atoms with Gasteiger partial charge in [-0.2, -0.15) is 0 Å². The van der Waals surface area contributed by atoms with Crippen LogP contribution in [0.2, 0.25) is 0 Å². The molecule has 0 saturated heterocycles. The Morgan fingerprint density at radius 3 is 2.07 bits per heavy atom. The van der Waals surface area contributed by atoms with Gasteiger partial charge in [0.2, 0.25) is 0 Å². The number of ether oxygens (including phenoxy) is 1. The van der Waals surface area contributed by atoms with Gasteiger partial charge >= 0.3 is 12.1 Å². The molecule has 0 atom stereocenters. The van der Waals surface area contributed by atoms with Crippen molar-refractivity contribution in [2.45, 2.75) is 12.5 Å². The first-order valence-electron chi connectivity index (χ1n) is 9.59. The summed E-state index contributed by atoms with van der Waals surface area (Å²) in [7, 11) is 0. The molecule has 1 amide bonds. The van der Waals surface area contributed by atoms with Gasteiger partial charge in [0.25, 0.3) is 0 Å². The van der Waals surface area contributed by atoms with E-state index in [1.165, 1.54) is 18.2 Å². The molecule has 1 aliphatic carbocycles. The highest BCUT2D eigenvalue weighted by molar-refractivity contribution is 5.79. The standard InChI is InChI=1S/C24H20FNO4/c25-22-12-6-1-7-16(22)13-26(14-23(27)28)24(29)30-15-21-19-10-4-2-8-17(19)18-9-3-5-11-20(18)21/h1-12,21H,13-15H2,(H,27,28). The average molecular weight is 405 g/mol. The fraction of sp³-hybridized carbons (Fsp3) is 0.167. The Kier molecular flexibility index (Phi) is 5.48. The molecule has 0 bridgehead atoms. The van der Waals surface area contributed by atoms with Gasteiger partial charge in [-0.25, -0.2) is 9.18 Å². The summed E-state index contributed by atoms with van der Waals surface area (Å²) < 4.78 is 19.5. The van der Waals surface area contributed by atoms with E-state index < -0.39 is 24.4 Å². The molecular formula is C24H20FNO4. The molecule has 0 heterocycles. The number of carboxylic acid groups (broad SMARTS) is 1. The van der Waals surface area contributed by atoms with Crippen LogP contribution < -0.4 is 0 Å². The Balaban J connectivity index is 1.52. The van der Waals surface area contributed by atoms with E-state index in [1.54, 1.807) is 6.07 Å². The Bertz CT molecular complexity index is 1050. The van der Waals surface area contributed by atoms with Crippen molar-refractivity contribution >= 4 is 12.1 Å². The zero-order valence-electron chi connectivity index (χ0n) is 16.1. The first kappa shape index (κ1) is 19.6. The lowest BCUT2D eigenvalue weighted by atomic mass is 9.98. The van der Waals surface area contributed by atoms with Gasteiger partial charge in [0.15, 0.2) is 0 Å². The Morgan fingerprint density at radius 2 is 1.47 bits per heavy atom. The van der Waals surface area contributed by atoms with Crippen LogP contribution in [-0.2, 0) is 16.1 Å². The Morgan fingerprint density at radius 1 is 0.900 bits per heavy atom. The fourth-order valence-corrected chi connectivity index (χ4v) is 3.87. The minimum absolute atomic E-state index is 0.0697. The molecular weight excluding hydrogens is 385 g/mol. The maximum atomic E-state index is 14.0. The van der Waals surface area contributed by atoms with E-state index in [0.717, 1.165) is 27.2 Å². The van der Waals surface area contributed by atoms with E-state index in [9.17, 15) is 19.1 Å². The molecule has 0 fully saturated rings. The van der Waals surface area contributed by atoms with E-state index in [0.29, 0.717) is 0 Å². The summed E-state index contributed by atoms with van der Waals surface area (Å²) in [5.41, 5.74) is 4.55. The summed E-state index contributed by atoms with van der Waals surface area (Å²) in [6.07, 6.45) is -0.789. The molecule has 6 heteroatoms. The van der Waals surface area contributed by atoms with Crippen LogP contribution in [0, 0.1) is 5.82 Å². The second-order valence-electron chi connectivity index (χ2n) is 7.15. The molecule has 1 aliphatic rings. The van der Waals surface area contributed by atoms with E-state index in [4.69, 9.17) is 4.74 Å². The predicted octanol–water partition coefficient (Wildman–Crippen LogP) is 4.66. The van der Waals surface area contributed by atoms with Crippen LogP contribution in [0.15, 0.2) is 72.8 Å². The maximum Gasteiger partial charge on any atom is 0.410 e. The molecule has 0 aliphatic heterocycles. The SMILES string of the molecule is O=C(O)CN(Cc1ccccc1F)C(=O)OCC1c2ccccc2-c2ccccc21. The summed E-state index contributed by atoms with van der Waals surface area (Å²) in [5, 5.41) is 9.18. The highest BCUT2D eigenvalue weighted by Gasteiger charge is 2.30. The molecule has 1 N–H and O–H groups in total. The number of hydrogen-bond acceptors (Lipinski definition) is 3. The highest BCUT2D eigenvalue weighted by Crippen LogP contribution is 2.44. The number of fused-ring (bicyclic) bond motifs is 3. The Hall–Kier alpha value is -3.67. The summed E-state index contributed by atoms with van der Waals surface area (Å²) in [6.45, 7) is -0.694. The molecule has 30 heavy (non-hydrogen) atoms. The van der Waals surface area contributed by atoms with E-state index in [-0.39, 0.29) is 24.6 Å². The number of rotatable bonds is 6. The van der Waals surface area contributed by atoms with Gasteiger partial charge in [-0.15, -0.1) is 0 Å². The van der Waals surface area contributed by atoms with E-state index in [2.05, 4.69) is 0 Å². The van der Waals surface area contributed by atoms with Gasteiger partial charge in [0.1, 0.15) is 19.0 Å². The predicted molar refractivity (Wildman–Crippen MR) is 110 cm³/mol. The molecule has 5 nitrogen and oxygen atoms in total. The van der Waals surface area contributed by atoms with Crippen LogP contribution in [0.3, 0.4) is 0 Å². The summed E-state index contributed by atoms with van der Waals surface area (Å²) in [6, 6.07) is 21.8. The van der Waals surface area contributed by atoms with Gasteiger partial charge in [-0.05, 0) is 28.3 Å². The molecule has 0 unspecified atom stereocenters. The topological polar surface area (TPSA) is 66.8 Å². The quantitative estimate of drug-likeness (QED) is 0.648. The summed E-state index contributed by atoms with van der Waals surface area (Å²) in [4.78, 5) is 24.9. The van der Waals surface area contributed by atoms with Crippen LogP contribution in [0.4, 0.5) is 9.18 Å². The van der Waals surface area contributed by atoms with Gasteiger partial charge in [-0.1, -0.05) is 66.7 Å². The third kappa shape index (κ3) is 3.89. The molecule has 3 aromatic carbocycles. The third-order valence-electron chi connectivity index (χ3n) is 5.24. The number of amides is 1. The van der Waals surface area contributed by atoms with Crippen LogP contribution in [-0.4, -0.2) is 35.2 Å². The van der Waals surface area contributed by atoms with Crippen molar-refractivity contribution in [2.75, 3.05) is 13.2 Å². The monoisotopic (exact) mass is 405 g/mol.